The lowest BCUT2D eigenvalue weighted by Gasteiger charge is -2.16. The summed E-state index contributed by atoms with van der Waals surface area (Å²) in [5.41, 5.74) is -2.23. The first-order valence-electron chi connectivity index (χ1n) is 9.09. The average molecular weight is 467 g/mol. The molecule has 0 spiro atoms. The van der Waals surface area contributed by atoms with E-state index in [0.717, 1.165) is 22.8 Å². The molecule has 1 aromatic heterocycles. The van der Waals surface area contributed by atoms with E-state index in [1.54, 1.807) is 30.3 Å². The van der Waals surface area contributed by atoms with Gasteiger partial charge in [-0.2, -0.15) is 32.2 Å². The SMILES string of the molecule is COc1ccc(Cn2c(Oc3cc(C#N)cc(OC(F)F)c3)nc(C(F)(F)F)cc2=O)cc1. The zero-order chi connectivity index (χ0) is 24.2. The normalized spacial score (nSPS) is 11.2. The van der Waals surface area contributed by atoms with Gasteiger partial charge in [0.25, 0.3) is 5.56 Å². The molecule has 0 unspecified atom stereocenters. The molecule has 2 aromatic carbocycles. The van der Waals surface area contributed by atoms with Gasteiger partial charge in [0.05, 0.1) is 25.3 Å². The van der Waals surface area contributed by atoms with Crippen LogP contribution in [0.15, 0.2) is 53.3 Å². The van der Waals surface area contributed by atoms with E-state index >= 15 is 0 Å². The van der Waals surface area contributed by atoms with Gasteiger partial charge in [-0.3, -0.25) is 9.36 Å². The second-order valence-corrected chi connectivity index (χ2v) is 6.48. The molecule has 0 saturated carbocycles. The van der Waals surface area contributed by atoms with Gasteiger partial charge >= 0.3 is 18.8 Å². The van der Waals surface area contributed by atoms with Gasteiger partial charge in [-0.05, 0) is 29.8 Å². The van der Waals surface area contributed by atoms with Gasteiger partial charge in [0, 0.05) is 12.1 Å². The first kappa shape index (κ1) is 23.5. The highest BCUT2D eigenvalue weighted by atomic mass is 19.4. The Morgan fingerprint density at radius 1 is 1.06 bits per heavy atom. The van der Waals surface area contributed by atoms with E-state index in [-0.39, 0.29) is 17.9 Å². The Balaban J connectivity index is 2.07. The van der Waals surface area contributed by atoms with Crippen LogP contribution in [0.4, 0.5) is 22.0 Å². The number of benzene rings is 2. The predicted octanol–water partition coefficient (Wildman–Crippen LogP) is 4.58. The van der Waals surface area contributed by atoms with Crippen LogP contribution in [0.1, 0.15) is 16.8 Å². The first-order valence-corrected chi connectivity index (χ1v) is 9.09. The number of nitriles is 1. The number of alkyl halides is 5. The Hall–Kier alpha value is -4.14. The number of ether oxygens (including phenoxy) is 3. The van der Waals surface area contributed by atoms with E-state index in [1.807, 2.05) is 0 Å². The van der Waals surface area contributed by atoms with Crippen molar-refractivity contribution in [3.8, 4) is 29.3 Å². The molecule has 12 heteroatoms. The maximum atomic E-state index is 13.2. The van der Waals surface area contributed by atoms with Crippen LogP contribution in [-0.4, -0.2) is 23.3 Å². The summed E-state index contributed by atoms with van der Waals surface area (Å²) in [6.45, 7) is -3.44. The van der Waals surface area contributed by atoms with Gasteiger partial charge in [-0.25, -0.2) is 0 Å². The molecule has 0 atom stereocenters. The smallest absolute Gasteiger partial charge is 0.433 e. The summed E-state index contributed by atoms with van der Waals surface area (Å²) in [4.78, 5) is 15.9. The number of halogens is 5. The highest BCUT2D eigenvalue weighted by molar-refractivity contribution is 5.44. The minimum Gasteiger partial charge on any atom is -0.497 e. The van der Waals surface area contributed by atoms with E-state index in [2.05, 4.69) is 9.72 Å². The second kappa shape index (κ2) is 9.56. The summed E-state index contributed by atoms with van der Waals surface area (Å²) >= 11 is 0. The molecule has 0 amide bonds. The standard InChI is InChI=1S/C21H14F5N3O4/c1-31-14-4-2-12(3-5-14)11-29-18(30)9-17(21(24,25)26)28-20(29)33-16-7-13(10-27)6-15(8-16)32-19(22)23/h2-9,19H,11H2,1H3. The second-order valence-electron chi connectivity index (χ2n) is 6.48. The van der Waals surface area contributed by atoms with Gasteiger partial charge in [0.1, 0.15) is 17.2 Å². The maximum Gasteiger partial charge on any atom is 0.433 e. The molecule has 33 heavy (non-hydrogen) atoms. The summed E-state index contributed by atoms with van der Waals surface area (Å²) < 4.78 is 80.3. The Kier molecular flexibility index (Phi) is 6.81. The molecule has 0 aliphatic carbocycles. The van der Waals surface area contributed by atoms with Gasteiger partial charge in [0.15, 0.2) is 5.69 Å². The van der Waals surface area contributed by atoms with E-state index < -0.39 is 35.8 Å². The quantitative estimate of drug-likeness (QED) is 0.473. The van der Waals surface area contributed by atoms with Crippen LogP contribution < -0.4 is 19.8 Å². The third kappa shape index (κ3) is 5.97. The summed E-state index contributed by atoms with van der Waals surface area (Å²) in [6.07, 6.45) is -4.95. The predicted molar refractivity (Wildman–Crippen MR) is 103 cm³/mol. The molecule has 0 radical (unpaired) electrons. The zero-order valence-corrected chi connectivity index (χ0v) is 16.8. The van der Waals surface area contributed by atoms with Crippen LogP contribution in [0, 0.1) is 11.3 Å². The van der Waals surface area contributed by atoms with E-state index in [1.165, 1.54) is 7.11 Å². The van der Waals surface area contributed by atoms with E-state index in [9.17, 15) is 26.7 Å². The number of methoxy groups -OCH3 is 1. The van der Waals surface area contributed by atoms with Crippen molar-refractivity contribution >= 4 is 0 Å². The third-order valence-corrected chi connectivity index (χ3v) is 4.21. The number of hydrogen-bond acceptors (Lipinski definition) is 6. The van der Waals surface area contributed by atoms with Gasteiger partial charge < -0.3 is 14.2 Å². The lowest BCUT2D eigenvalue weighted by atomic mass is 10.2. The van der Waals surface area contributed by atoms with E-state index in [0.29, 0.717) is 17.4 Å². The minimum absolute atomic E-state index is 0.167. The lowest BCUT2D eigenvalue weighted by molar-refractivity contribution is -0.141. The molecular weight excluding hydrogens is 453 g/mol. The summed E-state index contributed by atoms with van der Waals surface area (Å²) in [7, 11) is 1.45. The molecule has 0 N–H and O–H groups in total. The summed E-state index contributed by atoms with van der Waals surface area (Å²) in [5, 5.41) is 9.10. The average Bonchev–Trinajstić information content (AvgIpc) is 2.75. The number of hydrogen-bond donors (Lipinski definition) is 0. The van der Waals surface area contributed by atoms with Crippen molar-refractivity contribution in [1.82, 2.24) is 9.55 Å². The maximum absolute atomic E-state index is 13.2. The number of nitrogens with zero attached hydrogens (tertiary/aromatic N) is 3. The molecule has 1 heterocycles. The Morgan fingerprint density at radius 2 is 1.73 bits per heavy atom. The number of aromatic nitrogens is 2. The third-order valence-electron chi connectivity index (χ3n) is 4.21. The number of rotatable bonds is 7. The monoisotopic (exact) mass is 467 g/mol. The molecule has 0 aliphatic heterocycles. The lowest BCUT2D eigenvalue weighted by Crippen LogP contribution is -2.26. The first-order chi connectivity index (χ1) is 15.6. The van der Waals surface area contributed by atoms with Crippen LogP contribution in [0.2, 0.25) is 0 Å². The molecule has 172 valence electrons. The van der Waals surface area contributed by atoms with Crippen molar-refractivity contribution < 1.29 is 36.2 Å². The minimum atomic E-state index is -4.95. The van der Waals surface area contributed by atoms with Crippen molar-refractivity contribution in [1.29, 1.82) is 5.26 Å². The van der Waals surface area contributed by atoms with Crippen molar-refractivity contribution in [3.05, 3.63) is 75.7 Å². The van der Waals surface area contributed by atoms with Gasteiger partial charge in [0.2, 0.25) is 0 Å². The van der Waals surface area contributed by atoms with Crippen LogP contribution in [0.5, 0.6) is 23.3 Å². The van der Waals surface area contributed by atoms with Crippen molar-refractivity contribution in [2.75, 3.05) is 7.11 Å². The highest BCUT2D eigenvalue weighted by Gasteiger charge is 2.34. The fourth-order valence-corrected chi connectivity index (χ4v) is 2.74. The van der Waals surface area contributed by atoms with Gasteiger partial charge in [-0.1, -0.05) is 12.1 Å². The largest absolute Gasteiger partial charge is 0.497 e. The topological polar surface area (TPSA) is 86.4 Å². The van der Waals surface area contributed by atoms with Crippen LogP contribution in [0.3, 0.4) is 0 Å². The van der Waals surface area contributed by atoms with Crippen LogP contribution >= 0.6 is 0 Å². The van der Waals surface area contributed by atoms with Crippen molar-refractivity contribution in [2.45, 2.75) is 19.3 Å². The zero-order valence-electron chi connectivity index (χ0n) is 16.8. The molecule has 3 rings (SSSR count). The Morgan fingerprint density at radius 3 is 2.30 bits per heavy atom. The molecule has 0 saturated heterocycles. The molecule has 7 nitrogen and oxygen atoms in total. The Labute approximate surface area is 183 Å². The molecule has 3 aromatic rings. The van der Waals surface area contributed by atoms with Gasteiger partial charge in [-0.15, -0.1) is 0 Å². The van der Waals surface area contributed by atoms with Crippen LogP contribution in [-0.2, 0) is 12.7 Å². The Bertz CT molecular complexity index is 1230. The molecule has 0 bridgehead atoms. The van der Waals surface area contributed by atoms with Crippen LogP contribution in [0.25, 0.3) is 0 Å². The summed E-state index contributed by atoms with van der Waals surface area (Å²) in [5.74, 6) is -0.275. The fraction of sp³-hybridized carbons (Fsp3) is 0.190. The summed E-state index contributed by atoms with van der Waals surface area (Å²) in [6, 6.07) is 10.6. The van der Waals surface area contributed by atoms with E-state index in [4.69, 9.17) is 14.7 Å². The highest BCUT2D eigenvalue weighted by Crippen LogP contribution is 2.31. The molecule has 0 fully saturated rings. The molecule has 0 aliphatic rings. The van der Waals surface area contributed by atoms with Crippen molar-refractivity contribution in [3.63, 3.8) is 0 Å². The van der Waals surface area contributed by atoms with Crippen molar-refractivity contribution in [2.24, 2.45) is 0 Å². The fourth-order valence-electron chi connectivity index (χ4n) is 2.74. The molecular formula is C21H14F5N3O4.